The second-order valence-corrected chi connectivity index (χ2v) is 3.88. The van der Waals surface area contributed by atoms with E-state index in [-0.39, 0.29) is 11.5 Å². The molecular weight excluding hydrogens is 194 g/mol. The lowest BCUT2D eigenvalue weighted by molar-refractivity contribution is -0.134. The monoisotopic (exact) mass is 211 g/mol. The normalized spacial score (nSPS) is 17.0. The molecule has 1 N–H and O–H groups in total. The van der Waals surface area contributed by atoms with Crippen molar-refractivity contribution in [1.29, 1.82) is 0 Å². The first kappa shape index (κ1) is 11.8. The minimum atomic E-state index is -1.02. The third-order valence-electron chi connectivity index (χ3n) is 2.79. The van der Waals surface area contributed by atoms with Crippen molar-refractivity contribution in [3.05, 3.63) is 11.1 Å². The zero-order valence-corrected chi connectivity index (χ0v) is 9.41. The zero-order chi connectivity index (χ0) is 11.6. The van der Waals surface area contributed by atoms with E-state index in [1.807, 2.05) is 6.92 Å². The van der Waals surface area contributed by atoms with E-state index in [1.165, 1.54) is 6.92 Å². The Morgan fingerprint density at radius 2 is 1.80 bits per heavy atom. The van der Waals surface area contributed by atoms with E-state index in [0.717, 1.165) is 12.8 Å². The molecule has 0 radical (unpaired) electrons. The highest BCUT2D eigenvalue weighted by Crippen LogP contribution is 2.28. The van der Waals surface area contributed by atoms with E-state index in [0.29, 0.717) is 18.2 Å². The average molecular weight is 211 g/mol. The highest BCUT2D eigenvalue weighted by Gasteiger charge is 2.32. The van der Waals surface area contributed by atoms with Gasteiger partial charge in [-0.25, -0.2) is 4.79 Å². The Morgan fingerprint density at radius 1 is 1.27 bits per heavy atom. The fourth-order valence-corrected chi connectivity index (χ4v) is 1.49. The molecule has 1 saturated carbocycles. The predicted octanol–water partition coefficient (Wildman–Crippen LogP) is 1.42. The van der Waals surface area contributed by atoms with E-state index < -0.39 is 5.97 Å². The number of hydrogen-bond donors (Lipinski definition) is 1. The van der Waals surface area contributed by atoms with Gasteiger partial charge in [-0.2, -0.15) is 0 Å². The van der Waals surface area contributed by atoms with Gasteiger partial charge in [0, 0.05) is 23.7 Å². The van der Waals surface area contributed by atoms with Crippen LogP contribution in [0.25, 0.3) is 0 Å². The maximum Gasteiger partial charge on any atom is 0.331 e. The molecule has 84 valence electrons. The third-order valence-corrected chi connectivity index (χ3v) is 2.79. The van der Waals surface area contributed by atoms with Crippen molar-refractivity contribution in [1.82, 2.24) is 4.90 Å². The topological polar surface area (TPSA) is 57.6 Å². The number of hydrogen-bond acceptors (Lipinski definition) is 2. The number of rotatable bonds is 4. The van der Waals surface area contributed by atoms with Crippen LogP contribution in [0.5, 0.6) is 0 Å². The number of carboxylic acid groups (broad SMARTS) is 1. The molecule has 0 atom stereocenters. The van der Waals surface area contributed by atoms with Crippen molar-refractivity contribution in [3.8, 4) is 0 Å². The van der Waals surface area contributed by atoms with Gasteiger partial charge >= 0.3 is 5.97 Å². The van der Waals surface area contributed by atoms with Gasteiger partial charge in [-0.15, -0.1) is 0 Å². The Labute approximate surface area is 89.6 Å². The second kappa shape index (κ2) is 4.47. The summed E-state index contributed by atoms with van der Waals surface area (Å²) in [6.45, 7) is 5.61. The molecule has 0 aromatic carbocycles. The molecular formula is C11H17NO3. The third kappa shape index (κ3) is 2.58. The summed E-state index contributed by atoms with van der Waals surface area (Å²) < 4.78 is 0. The summed E-state index contributed by atoms with van der Waals surface area (Å²) in [6, 6.07) is 0.332. The van der Waals surface area contributed by atoms with Gasteiger partial charge in [-0.05, 0) is 33.6 Å². The summed E-state index contributed by atoms with van der Waals surface area (Å²) in [7, 11) is 0. The number of aliphatic carboxylic acids is 1. The molecule has 0 saturated heterocycles. The molecule has 0 aromatic rings. The standard InChI is InChI=1S/C11H17NO3/c1-4-12(9-5-6-9)10(13)7(2)8(3)11(14)15/h9H,4-6H2,1-3H3,(H,14,15). The molecule has 1 aliphatic rings. The number of likely N-dealkylation sites (N-methyl/N-ethyl adjacent to an activating group) is 1. The molecule has 1 amide bonds. The van der Waals surface area contributed by atoms with E-state index in [2.05, 4.69) is 0 Å². The number of carbonyl (C=O) groups excluding carboxylic acids is 1. The Bertz CT molecular complexity index is 316. The summed E-state index contributed by atoms with van der Waals surface area (Å²) in [5.74, 6) is -1.16. The SMILES string of the molecule is CCN(C(=O)C(C)=C(C)C(=O)O)C1CC1. The lowest BCUT2D eigenvalue weighted by Crippen LogP contribution is -2.34. The first-order valence-corrected chi connectivity index (χ1v) is 5.20. The highest BCUT2D eigenvalue weighted by molar-refractivity contribution is 6.01. The molecule has 0 spiro atoms. The molecule has 4 heteroatoms. The summed E-state index contributed by atoms with van der Waals surface area (Å²) in [4.78, 5) is 24.4. The van der Waals surface area contributed by atoms with Crippen molar-refractivity contribution in [3.63, 3.8) is 0 Å². The van der Waals surface area contributed by atoms with Gasteiger partial charge < -0.3 is 10.0 Å². The van der Waals surface area contributed by atoms with Crippen molar-refractivity contribution in [2.24, 2.45) is 0 Å². The molecule has 1 rings (SSSR count). The summed E-state index contributed by atoms with van der Waals surface area (Å²) in [6.07, 6.45) is 2.08. The van der Waals surface area contributed by atoms with Gasteiger partial charge in [0.05, 0.1) is 0 Å². The molecule has 0 aliphatic heterocycles. The summed E-state index contributed by atoms with van der Waals surface area (Å²) in [5, 5.41) is 8.78. The van der Waals surface area contributed by atoms with Crippen LogP contribution in [0.3, 0.4) is 0 Å². The van der Waals surface area contributed by atoms with Crippen LogP contribution in [0, 0.1) is 0 Å². The quantitative estimate of drug-likeness (QED) is 0.715. The molecule has 0 heterocycles. The smallest absolute Gasteiger partial charge is 0.331 e. The molecule has 1 fully saturated rings. The van der Waals surface area contributed by atoms with Crippen molar-refractivity contribution in [2.75, 3.05) is 6.54 Å². The zero-order valence-electron chi connectivity index (χ0n) is 9.41. The largest absolute Gasteiger partial charge is 0.478 e. The van der Waals surface area contributed by atoms with E-state index in [1.54, 1.807) is 11.8 Å². The molecule has 15 heavy (non-hydrogen) atoms. The Hall–Kier alpha value is -1.32. The van der Waals surface area contributed by atoms with Crippen LogP contribution in [0.1, 0.15) is 33.6 Å². The van der Waals surface area contributed by atoms with E-state index in [9.17, 15) is 9.59 Å². The molecule has 0 unspecified atom stereocenters. The van der Waals surface area contributed by atoms with Gasteiger partial charge in [-0.1, -0.05) is 0 Å². The maximum absolute atomic E-state index is 11.9. The molecule has 0 bridgehead atoms. The van der Waals surface area contributed by atoms with Crippen molar-refractivity contribution >= 4 is 11.9 Å². The van der Waals surface area contributed by atoms with Gasteiger partial charge in [0.25, 0.3) is 0 Å². The fraction of sp³-hybridized carbons (Fsp3) is 0.636. The maximum atomic E-state index is 11.9. The number of nitrogens with zero attached hydrogens (tertiary/aromatic N) is 1. The lowest BCUT2D eigenvalue weighted by atomic mass is 10.1. The Balaban J connectivity index is 2.82. The van der Waals surface area contributed by atoms with Crippen LogP contribution < -0.4 is 0 Å². The summed E-state index contributed by atoms with van der Waals surface area (Å²) >= 11 is 0. The van der Waals surface area contributed by atoms with Crippen molar-refractivity contribution < 1.29 is 14.7 Å². The highest BCUT2D eigenvalue weighted by atomic mass is 16.4. The minimum Gasteiger partial charge on any atom is -0.478 e. The van der Waals surface area contributed by atoms with Gasteiger partial charge in [-0.3, -0.25) is 4.79 Å². The van der Waals surface area contributed by atoms with Crippen LogP contribution >= 0.6 is 0 Å². The summed E-state index contributed by atoms with van der Waals surface area (Å²) in [5.41, 5.74) is 0.482. The Morgan fingerprint density at radius 3 is 2.13 bits per heavy atom. The number of carboxylic acids is 1. The second-order valence-electron chi connectivity index (χ2n) is 3.88. The van der Waals surface area contributed by atoms with Gasteiger partial charge in [0.15, 0.2) is 0 Å². The Kier molecular flexibility index (Phi) is 3.50. The molecule has 1 aliphatic carbocycles. The van der Waals surface area contributed by atoms with Crippen LogP contribution in [0.4, 0.5) is 0 Å². The van der Waals surface area contributed by atoms with Crippen LogP contribution in [0.2, 0.25) is 0 Å². The molecule has 4 nitrogen and oxygen atoms in total. The fourth-order valence-electron chi connectivity index (χ4n) is 1.49. The number of amides is 1. The minimum absolute atomic E-state index is 0.138. The van der Waals surface area contributed by atoms with E-state index in [4.69, 9.17) is 5.11 Å². The average Bonchev–Trinajstić information content (AvgIpc) is 3.00. The van der Waals surface area contributed by atoms with Gasteiger partial charge in [0.2, 0.25) is 5.91 Å². The van der Waals surface area contributed by atoms with Crippen LogP contribution in [-0.4, -0.2) is 34.5 Å². The van der Waals surface area contributed by atoms with Gasteiger partial charge in [0.1, 0.15) is 0 Å². The van der Waals surface area contributed by atoms with E-state index >= 15 is 0 Å². The first-order chi connectivity index (χ1) is 6.99. The first-order valence-electron chi connectivity index (χ1n) is 5.20. The predicted molar refractivity (Wildman–Crippen MR) is 56.4 cm³/mol. The molecule has 0 aromatic heterocycles. The van der Waals surface area contributed by atoms with Crippen LogP contribution in [0.15, 0.2) is 11.1 Å². The van der Waals surface area contributed by atoms with Crippen LogP contribution in [-0.2, 0) is 9.59 Å². The van der Waals surface area contributed by atoms with Crippen molar-refractivity contribution in [2.45, 2.75) is 39.7 Å². The lowest BCUT2D eigenvalue weighted by Gasteiger charge is -2.21. The number of carbonyl (C=O) groups is 2.